The zero-order valence-corrected chi connectivity index (χ0v) is 12.2. The minimum absolute atomic E-state index is 0.307. The van der Waals surface area contributed by atoms with E-state index >= 15 is 0 Å². The Morgan fingerprint density at radius 3 is 2.24 bits per heavy atom. The first-order valence-corrected chi connectivity index (χ1v) is 6.97. The van der Waals surface area contributed by atoms with Crippen LogP contribution in [0.2, 0.25) is 0 Å². The molecule has 0 bridgehead atoms. The maximum Gasteiger partial charge on any atom is 0.126 e. The summed E-state index contributed by atoms with van der Waals surface area (Å²) in [6.45, 7) is 0.953. The van der Waals surface area contributed by atoms with Gasteiger partial charge in [-0.1, -0.05) is 30.4 Å². The lowest BCUT2D eigenvalue weighted by molar-refractivity contribution is 0.247. The topological polar surface area (TPSA) is 44.5 Å². The van der Waals surface area contributed by atoms with E-state index in [4.69, 9.17) is 27.4 Å². The lowest BCUT2D eigenvalue weighted by Crippen LogP contribution is -2.10. The van der Waals surface area contributed by atoms with Crippen molar-refractivity contribution in [1.29, 1.82) is 0 Å². The van der Waals surface area contributed by atoms with Gasteiger partial charge in [0.2, 0.25) is 0 Å². The highest BCUT2D eigenvalue weighted by molar-refractivity contribution is 7.80. The Bertz CT molecular complexity index is 619. The molecule has 0 saturated carbocycles. The maximum absolute atomic E-state index is 12.9. The number of rotatable bonds is 7. The molecule has 0 heterocycles. The molecule has 5 heteroatoms. The number of nitrogens with two attached hydrogens (primary N) is 1. The molecular formula is C16H16FNO2S. The van der Waals surface area contributed by atoms with Gasteiger partial charge in [-0.15, -0.1) is 0 Å². The van der Waals surface area contributed by atoms with Gasteiger partial charge in [0.05, 0.1) is 13.2 Å². The summed E-state index contributed by atoms with van der Waals surface area (Å²) in [5.74, 6) is 0.926. The van der Waals surface area contributed by atoms with Gasteiger partial charge in [0, 0.05) is 18.1 Å². The predicted octanol–water partition coefficient (Wildman–Crippen LogP) is 3.31. The summed E-state index contributed by atoms with van der Waals surface area (Å²) in [5.41, 5.74) is 6.34. The van der Waals surface area contributed by atoms with Crippen LogP contribution in [-0.2, 0) is 0 Å². The molecule has 21 heavy (non-hydrogen) atoms. The molecule has 0 aliphatic heterocycles. The molecule has 110 valence electrons. The fraction of sp³-hybridized carbons (Fsp3) is 0.188. The zero-order chi connectivity index (χ0) is 15.1. The van der Waals surface area contributed by atoms with Gasteiger partial charge in [-0.05, 0) is 24.3 Å². The van der Waals surface area contributed by atoms with Crippen molar-refractivity contribution >= 4 is 17.2 Å². The van der Waals surface area contributed by atoms with Crippen molar-refractivity contribution in [2.24, 2.45) is 5.73 Å². The largest absolute Gasteiger partial charge is 0.493 e. The van der Waals surface area contributed by atoms with Gasteiger partial charge in [-0.2, -0.15) is 0 Å². The average Bonchev–Trinajstić information content (AvgIpc) is 2.47. The van der Waals surface area contributed by atoms with Gasteiger partial charge in [0.25, 0.3) is 0 Å². The van der Waals surface area contributed by atoms with Crippen molar-refractivity contribution in [3.8, 4) is 11.5 Å². The van der Waals surface area contributed by atoms with Gasteiger partial charge in [0.15, 0.2) is 0 Å². The van der Waals surface area contributed by atoms with Crippen LogP contribution < -0.4 is 15.2 Å². The van der Waals surface area contributed by atoms with E-state index in [1.807, 2.05) is 18.2 Å². The summed E-state index contributed by atoms with van der Waals surface area (Å²) in [4.78, 5) is 0.342. The molecule has 0 atom stereocenters. The monoisotopic (exact) mass is 305 g/mol. The Balaban J connectivity index is 1.72. The Labute approximate surface area is 128 Å². The van der Waals surface area contributed by atoms with Crippen LogP contribution in [0.25, 0.3) is 0 Å². The summed E-state index contributed by atoms with van der Waals surface area (Å²) in [7, 11) is 0. The lowest BCUT2D eigenvalue weighted by atomic mass is 10.2. The first-order valence-electron chi connectivity index (χ1n) is 6.56. The highest BCUT2D eigenvalue weighted by Gasteiger charge is 2.00. The third-order valence-electron chi connectivity index (χ3n) is 2.74. The molecule has 0 aliphatic carbocycles. The quantitative estimate of drug-likeness (QED) is 0.629. The average molecular weight is 305 g/mol. The zero-order valence-electron chi connectivity index (χ0n) is 11.4. The Hall–Kier alpha value is -2.14. The van der Waals surface area contributed by atoms with Crippen LogP contribution in [0.3, 0.4) is 0 Å². The lowest BCUT2D eigenvalue weighted by Gasteiger charge is -2.09. The number of benzene rings is 2. The summed E-state index contributed by atoms with van der Waals surface area (Å²) in [6, 6.07) is 13.4. The van der Waals surface area contributed by atoms with Gasteiger partial charge in [-0.3, -0.25) is 0 Å². The second-order valence-corrected chi connectivity index (χ2v) is 4.84. The molecule has 2 aromatic rings. The van der Waals surface area contributed by atoms with E-state index in [9.17, 15) is 4.39 Å². The molecule has 3 nitrogen and oxygen atoms in total. The first kappa shape index (κ1) is 15.3. The van der Waals surface area contributed by atoms with Gasteiger partial charge < -0.3 is 15.2 Å². The number of hydrogen-bond acceptors (Lipinski definition) is 3. The maximum atomic E-state index is 12.9. The number of halogens is 1. The Kier molecular flexibility index (Phi) is 5.51. The van der Waals surface area contributed by atoms with E-state index < -0.39 is 0 Å². The van der Waals surface area contributed by atoms with Crippen molar-refractivity contribution in [3.63, 3.8) is 0 Å². The summed E-state index contributed by atoms with van der Waals surface area (Å²) in [5, 5.41) is 0. The van der Waals surface area contributed by atoms with Crippen LogP contribution in [0.1, 0.15) is 12.0 Å². The summed E-state index contributed by atoms with van der Waals surface area (Å²) >= 11 is 4.91. The van der Waals surface area contributed by atoms with Gasteiger partial charge in [0.1, 0.15) is 22.3 Å². The SMILES string of the molecule is NC(=S)c1cccc(OCCCOc2cccc(F)c2)c1. The Morgan fingerprint density at radius 1 is 1.00 bits per heavy atom. The van der Waals surface area contributed by atoms with Crippen LogP contribution in [0.5, 0.6) is 11.5 Å². The minimum atomic E-state index is -0.307. The highest BCUT2D eigenvalue weighted by atomic mass is 32.1. The minimum Gasteiger partial charge on any atom is -0.493 e. The highest BCUT2D eigenvalue weighted by Crippen LogP contribution is 2.14. The van der Waals surface area contributed by atoms with Gasteiger partial charge in [-0.25, -0.2) is 4.39 Å². The van der Waals surface area contributed by atoms with Crippen molar-refractivity contribution in [3.05, 3.63) is 59.9 Å². The smallest absolute Gasteiger partial charge is 0.126 e. The summed E-state index contributed by atoms with van der Waals surface area (Å²) in [6.07, 6.45) is 0.688. The molecule has 0 fully saturated rings. The van der Waals surface area contributed by atoms with E-state index in [2.05, 4.69) is 0 Å². The molecule has 0 unspecified atom stereocenters. The molecule has 0 aromatic heterocycles. The molecule has 0 aliphatic rings. The normalized spacial score (nSPS) is 10.1. The number of hydrogen-bond donors (Lipinski definition) is 1. The second kappa shape index (κ2) is 7.59. The van der Waals surface area contributed by atoms with E-state index in [1.54, 1.807) is 18.2 Å². The molecule has 0 radical (unpaired) electrons. The molecular weight excluding hydrogens is 289 g/mol. The molecule has 0 saturated heterocycles. The fourth-order valence-electron chi connectivity index (χ4n) is 1.73. The number of ether oxygens (including phenoxy) is 2. The van der Waals surface area contributed by atoms with Crippen LogP contribution in [0.4, 0.5) is 4.39 Å². The van der Waals surface area contributed by atoms with E-state index in [-0.39, 0.29) is 5.82 Å². The fourth-order valence-corrected chi connectivity index (χ4v) is 1.86. The third kappa shape index (κ3) is 5.04. The van der Waals surface area contributed by atoms with Crippen LogP contribution in [-0.4, -0.2) is 18.2 Å². The van der Waals surface area contributed by atoms with Crippen LogP contribution in [0.15, 0.2) is 48.5 Å². The molecule has 2 aromatic carbocycles. The van der Waals surface area contributed by atoms with Crippen LogP contribution in [0, 0.1) is 5.82 Å². The van der Waals surface area contributed by atoms with Crippen molar-refractivity contribution in [2.75, 3.05) is 13.2 Å². The van der Waals surface area contributed by atoms with E-state index in [0.29, 0.717) is 36.1 Å². The van der Waals surface area contributed by atoms with Crippen molar-refractivity contribution < 1.29 is 13.9 Å². The van der Waals surface area contributed by atoms with Crippen LogP contribution >= 0.6 is 12.2 Å². The van der Waals surface area contributed by atoms with Crippen molar-refractivity contribution in [2.45, 2.75) is 6.42 Å². The van der Waals surface area contributed by atoms with E-state index in [1.165, 1.54) is 12.1 Å². The van der Waals surface area contributed by atoms with Crippen molar-refractivity contribution in [1.82, 2.24) is 0 Å². The molecule has 2 N–H and O–H groups in total. The number of thiocarbonyl (C=S) groups is 1. The standard InChI is InChI=1S/C16H16FNO2S/c17-13-5-2-7-15(11-13)20-9-3-8-19-14-6-1-4-12(10-14)16(18)21/h1-2,4-7,10-11H,3,8-9H2,(H2,18,21). The summed E-state index contributed by atoms with van der Waals surface area (Å²) < 4.78 is 24.0. The first-order chi connectivity index (χ1) is 10.1. The molecule has 0 amide bonds. The third-order valence-corrected chi connectivity index (χ3v) is 2.98. The molecule has 2 rings (SSSR count). The Morgan fingerprint density at radius 2 is 1.62 bits per heavy atom. The van der Waals surface area contributed by atoms with Gasteiger partial charge >= 0.3 is 0 Å². The predicted molar refractivity (Wildman–Crippen MR) is 84.3 cm³/mol. The second-order valence-electron chi connectivity index (χ2n) is 4.40. The molecule has 0 spiro atoms. The van der Waals surface area contributed by atoms with E-state index in [0.717, 1.165) is 5.56 Å².